The summed E-state index contributed by atoms with van der Waals surface area (Å²) in [6, 6.07) is 0.336. The van der Waals surface area contributed by atoms with Gasteiger partial charge in [0.05, 0.1) is 6.54 Å². The van der Waals surface area contributed by atoms with Crippen LogP contribution < -0.4 is 11.1 Å². The number of carbonyl (C=O) groups is 1. The summed E-state index contributed by atoms with van der Waals surface area (Å²) in [4.78, 5) is 14.2. The Hall–Kier alpha value is -0.610. The number of nitrogens with two attached hydrogens (primary N) is 1. The van der Waals surface area contributed by atoms with Crippen molar-refractivity contribution in [2.24, 2.45) is 17.6 Å². The van der Waals surface area contributed by atoms with Crippen LogP contribution in [0.5, 0.6) is 0 Å². The van der Waals surface area contributed by atoms with E-state index in [2.05, 4.69) is 17.1 Å². The molecule has 2 atom stereocenters. The van der Waals surface area contributed by atoms with Crippen LogP contribution in [0.4, 0.5) is 0 Å². The number of rotatable bonds is 4. The lowest BCUT2D eigenvalue weighted by Crippen LogP contribution is -2.45. The van der Waals surface area contributed by atoms with Crippen LogP contribution in [-0.2, 0) is 4.79 Å². The van der Waals surface area contributed by atoms with Gasteiger partial charge in [0.2, 0.25) is 5.91 Å². The van der Waals surface area contributed by atoms with Gasteiger partial charge >= 0.3 is 0 Å². The number of nitrogens with zero attached hydrogens (tertiary/aromatic N) is 1. The minimum absolute atomic E-state index is 0.189. The second-order valence-corrected chi connectivity index (χ2v) is 6.56. The molecule has 19 heavy (non-hydrogen) atoms. The monoisotopic (exact) mass is 267 g/mol. The van der Waals surface area contributed by atoms with Crippen LogP contribution in [0.3, 0.4) is 0 Å². The third-order valence-corrected chi connectivity index (χ3v) is 4.63. The van der Waals surface area contributed by atoms with E-state index < -0.39 is 0 Å². The smallest absolute Gasteiger partial charge is 0.234 e. The Bertz CT molecular complexity index is 287. The first-order valence-electron chi connectivity index (χ1n) is 7.88. The molecule has 1 aliphatic carbocycles. The van der Waals surface area contributed by atoms with E-state index in [1.54, 1.807) is 0 Å². The summed E-state index contributed by atoms with van der Waals surface area (Å²) >= 11 is 0. The maximum Gasteiger partial charge on any atom is 0.234 e. The first kappa shape index (κ1) is 14.8. The summed E-state index contributed by atoms with van der Waals surface area (Å²) in [5.41, 5.74) is 5.87. The van der Waals surface area contributed by atoms with Crippen molar-refractivity contribution in [1.29, 1.82) is 0 Å². The van der Waals surface area contributed by atoms with Crippen LogP contribution in [0.15, 0.2) is 0 Å². The van der Waals surface area contributed by atoms with Crippen molar-refractivity contribution < 1.29 is 4.79 Å². The summed E-state index contributed by atoms with van der Waals surface area (Å²) in [5.74, 6) is 1.72. The molecule has 2 unspecified atom stereocenters. The number of piperidine rings is 1. The highest BCUT2D eigenvalue weighted by molar-refractivity contribution is 5.78. The van der Waals surface area contributed by atoms with Gasteiger partial charge in [-0.15, -0.1) is 0 Å². The van der Waals surface area contributed by atoms with Crippen molar-refractivity contribution in [3.63, 3.8) is 0 Å². The van der Waals surface area contributed by atoms with Crippen LogP contribution in [0.2, 0.25) is 0 Å². The number of nitrogens with one attached hydrogen (secondary N) is 1. The van der Waals surface area contributed by atoms with Crippen LogP contribution in [0.25, 0.3) is 0 Å². The standard InChI is InChI=1S/C15H29N3O/c1-12-3-2-4-13(9-12)10-17-15(19)11-18-7-5-14(16)6-8-18/h12-14H,2-11,16H2,1H3,(H,17,19). The number of amides is 1. The lowest BCUT2D eigenvalue weighted by atomic mass is 9.82. The molecule has 1 saturated heterocycles. The van der Waals surface area contributed by atoms with Gasteiger partial charge in [0.15, 0.2) is 0 Å². The fraction of sp³-hybridized carbons (Fsp3) is 0.933. The highest BCUT2D eigenvalue weighted by Gasteiger charge is 2.21. The second-order valence-electron chi connectivity index (χ2n) is 6.56. The van der Waals surface area contributed by atoms with Gasteiger partial charge in [0.1, 0.15) is 0 Å². The number of hydrogen-bond donors (Lipinski definition) is 2. The van der Waals surface area contributed by atoms with E-state index in [4.69, 9.17) is 5.73 Å². The normalized spacial score (nSPS) is 30.2. The molecule has 1 heterocycles. The number of hydrogen-bond acceptors (Lipinski definition) is 3. The predicted molar refractivity (Wildman–Crippen MR) is 77.8 cm³/mol. The number of likely N-dealkylation sites (tertiary alicyclic amines) is 1. The van der Waals surface area contributed by atoms with Gasteiger partial charge in [-0.2, -0.15) is 0 Å². The van der Waals surface area contributed by atoms with Crippen LogP contribution >= 0.6 is 0 Å². The Labute approximate surface area is 117 Å². The van der Waals surface area contributed by atoms with E-state index in [0.717, 1.165) is 38.4 Å². The molecule has 1 saturated carbocycles. The zero-order chi connectivity index (χ0) is 13.7. The van der Waals surface area contributed by atoms with Crippen molar-refractivity contribution in [1.82, 2.24) is 10.2 Å². The van der Waals surface area contributed by atoms with E-state index in [0.29, 0.717) is 18.5 Å². The fourth-order valence-corrected chi connectivity index (χ4v) is 3.37. The lowest BCUT2D eigenvalue weighted by Gasteiger charge is -2.30. The third-order valence-electron chi connectivity index (χ3n) is 4.63. The van der Waals surface area contributed by atoms with Gasteiger partial charge in [0, 0.05) is 25.7 Å². The first-order chi connectivity index (χ1) is 9.13. The predicted octanol–water partition coefficient (Wildman–Crippen LogP) is 1.35. The fourth-order valence-electron chi connectivity index (χ4n) is 3.37. The van der Waals surface area contributed by atoms with Gasteiger partial charge in [-0.3, -0.25) is 9.69 Å². The zero-order valence-electron chi connectivity index (χ0n) is 12.2. The van der Waals surface area contributed by atoms with Crippen molar-refractivity contribution in [3.8, 4) is 0 Å². The molecule has 110 valence electrons. The molecular weight excluding hydrogens is 238 g/mol. The van der Waals surface area contributed by atoms with Crippen LogP contribution in [-0.4, -0.2) is 43.0 Å². The molecule has 2 rings (SSSR count). The molecule has 1 amide bonds. The Kier molecular flexibility index (Phi) is 5.64. The molecule has 0 aromatic rings. The van der Waals surface area contributed by atoms with Crippen LogP contribution in [0.1, 0.15) is 45.4 Å². The van der Waals surface area contributed by atoms with Crippen molar-refractivity contribution in [2.75, 3.05) is 26.2 Å². The molecule has 0 aromatic heterocycles. The van der Waals surface area contributed by atoms with Crippen molar-refractivity contribution >= 4 is 5.91 Å². The maximum atomic E-state index is 11.9. The topological polar surface area (TPSA) is 58.4 Å². The largest absolute Gasteiger partial charge is 0.355 e. The molecule has 0 aromatic carbocycles. The molecule has 0 spiro atoms. The van der Waals surface area contributed by atoms with E-state index in [1.807, 2.05) is 0 Å². The van der Waals surface area contributed by atoms with E-state index in [-0.39, 0.29) is 5.91 Å². The van der Waals surface area contributed by atoms with Gasteiger partial charge in [-0.05, 0) is 37.5 Å². The highest BCUT2D eigenvalue weighted by atomic mass is 16.2. The van der Waals surface area contributed by atoms with Gasteiger partial charge in [-0.1, -0.05) is 19.8 Å². The summed E-state index contributed by atoms with van der Waals surface area (Å²) in [5, 5.41) is 3.12. The summed E-state index contributed by atoms with van der Waals surface area (Å²) in [7, 11) is 0. The molecular formula is C15H29N3O. The molecule has 0 radical (unpaired) electrons. The Balaban J connectivity index is 1.61. The molecule has 4 nitrogen and oxygen atoms in total. The van der Waals surface area contributed by atoms with Crippen LogP contribution in [0, 0.1) is 11.8 Å². The van der Waals surface area contributed by atoms with E-state index >= 15 is 0 Å². The average Bonchev–Trinajstić information content (AvgIpc) is 2.39. The minimum Gasteiger partial charge on any atom is -0.355 e. The molecule has 3 N–H and O–H groups in total. The summed E-state index contributed by atoms with van der Waals surface area (Å²) < 4.78 is 0. The maximum absolute atomic E-state index is 11.9. The summed E-state index contributed by atoms with van der Waals surface area (Å²) in [6.07, 6.45) is 7.28. The second kappa shape index (κ2) is 7.25. The SMILES string of the molecule is CC1CCCC(CNC(=O)CN2CCC(N)CC2)C1. The average molecular weight is 267 g/mol. The zero-order valence-corrected chi connectivity index (χ0v) is 12.2. The Morgan fingerprint density at radius 2 is 2.00 bits per heavy atom. The Morgan fingerprint density at radius 1 is 1.26 bits per heavy atom. The molecule has 2 fully saturated rings. The van der Waals surface area contributed by atoms with Crippen molar-refractivity contribution in [3.05, 3.63) is 0 Å². The van der Waals surface area contributed by atoms with Gasteiger partial charge in [-0.25, -0.2) is 0 Å². The first-order valence-corrected chi connectivity index (χ1v) is 7.88. The molecule has 0 bridgehead atoms. The number of carbonyl (C=O) groups excluding carboxylic acids is 1. The van der Waals surface area contributed by atoms with Gasteiger partial charge in [0.25, 0.3) is 0 Å². The molecule has 4 heteroatoms. The minimum atomic E-state index is 0.189. The quantitative estimate of drug-likeness (QED) is 0.808. The van der Waals surface area contributed by atoms with Gasteiger partial charge < -0.3 is 11.1 Å². The molecule has 2 aliphatic rings. The Morgan fingerprint density at radius 3 is 2.68 bits per heavy atom. The van der Waals surface area contributed by atoms with Crippen molar-refractivity contribution in [2.45, 2.75) is 51.5 Å². The third kappa shape index (κ3) is 5.11. The lowest BCUT2D eigenvalue weighted by molar-refractivity contribution is -0.122. The summed E-state index contributed by atoms with van der Waals surface area (Å²) in [6.45, 7) is 5.68. The van der Waals surface area contributed by atoms with E-state index in [1.165, 1.54) is 25.7 Å². The van der Waals surface area contributed by atoms with E-state index in [9.17, 15) is 4.79 Å². The highest BCUT2D eigenvalue weighted by Crippen LogP contribution is 2.27. The molecule has 1 aliphatic heterocycles.